The van der Waals surface area contributed by atoms with Crippen LogP contribution in [-0.4, -0.2) is 6.04 Å². The normalized spacial score (nSPS) is 29.4. The Morgan fingerprint density at radius 3 is 2.29 bits per heavy atom. The second-order valence-corrected chi connectivity index (χ2v) is 4.64. The third-order valence-corrected chi connectivity index (χ3v) is 3.29. The molecule has 1 saturated carbocycles. The van der Waals surface area contributed by atoms with Crippen LogP contribution in [0.15, 0.2) is 36.4 Å². The summed E-state index contributed by atoms with van der Waals surface area (Å²) in [6.07, 6.45) is 4.40. The van der Waals surface area contributed by atoms with Crippen molar-refractivity contribution in [3.63, 3.8) is 0 Å². The van der Waals surface area contributed by atoms with E-state index in [0.29, 0.717) is 17.4 Å². The largest absolute Gasteiger partial charge is 0.327 e. The second-order valence-electron chi connectivity index (χ2n) is 4.64. The highest BCUT2D eigenvalue weighted by Crippen LogP contribution is 2.51. The zero-order valence-electron chi connectivity index (χ0n) is 8.77. The van der Waals surface area contributed by atoms with E-state index in [1.807, 2.05) is 6.07 Å². The Morgan fingerprint density at radius 2 is 1.79 bits per heavy atom. The summed E-state index contributed by atoms with van der Waals surface area (Å²) in [5.74, 6) is 0.544. The number of rotatable bonds is 2. The Kier molecular flexibility index (Phi) is 2.20. The maximum absolute atomic E-state index is 5.96. The molecule has 0 amide bonds. The van der Waals surface area contributed by atoms with E-state index in [1.54, 1.807) is 0 Å². The van der Waals surface area contributed by atoms with Crippen LogP contribution in [0.4, 0.5) is 0 Å². The van der Waals surface area contributed by atoms with Gasteiger partial charge in [0.1, 0.15) is 0 Å². The maximum Gasteiger partial charge on any atom is 0.0166 e. The van der Waals surface area contributed by atoms with E-state index < -0.39 is 0 Å². The van der Waals surface area contributed by atoms with E-state index in [9.17, 15) is 0 Å². The molecule has 1 aromatic rings. The van der Waals surface area contributed by atoms with Gasteiger partial charge >= 0.3 is 0 Å². The van der Waals surface area contributed by atoms with Gasteiger partial charge in [-0.3, -0.25) is 0 Å². The fourth-order valence-corrected chi connectivity index (χ4v) is 1.86. The van der Waals surface area contributed by atoms with E-state index in [0.717, 1.165) is 0 Å². The lowest BCUT2D eigenvalue weighted by molar-refractivity contribution is 0.592. The first-order chi connectivity index (χ1) is 6.62. The summed E-state index contributed by atoms with van der Waals surface area (Å²) in [4.78, 5) is 0. The summed E-state index contributed by atoms with van der Waals surface area (Å²) in [6, 6.07) is 10.7. The Morgan fingerprint density at radius 1 is 1.21 bits per heavy atom. The predicted molar refractivity (Wildman–Crippen MR) is 60.7 cm³/mol. The van der Waals surface area contributed by atoms with Crippen LogP contribution in [0.1, 0.15) is 19.4 Å². The van der Waals surface area contributed by atoms with E-state index in [-0.39, 0.29) is 0 Å². The summed E-state index contributed by atoms with van der Waals surface area (Å²) in [5.41, 5.74) is 7.51. The highest BCUT2D eigenvalue weighted by Gasteiger charge is 2.53. The summed E-state index contributed by atoms with van der Waals surface area (Å²) < 4.78 is 0. The fraction of sp³-hybridized carbons (Fsp3) is 0.385. The van der Waals surface area contributed by atoms with Gasteiger partial charge in [0.05, 0.1) is 0 Å². The molecule has 0 saturated heterocycles. The Bertz CT molecular complexity index is 338. The van der Waals surface area contributed by atoms with Gasteiger partial charge in [0, 0.05) is 6.04 Å². The topological polar surface area (TPSA) is 26.0 Å². The highest BCUT2D eigenvalue weighted by molar-refractivity contribution is 5.50. The molecule has 0 radical (unpaired) electrons. The molecular formula is C13H17N. The lowest BCUT2D eigenvalue weighted by atomic mass is 10.1. The number of hydrogen-bond donors (Lipinski definition) is 1. The molecule has 2 rings (SSSR count). The summed E-state index contributed by atoms with van der Waals surface area (Å²) >= 11 is 0. The third kappa shape index (κ3) is 1.60. The molecule has 0 aromatic heterocycles. The van der Waals surface area contributed by atoms with Crippen molar-refractivity contribution in [3.8, 4) is 0 Å². The van der Waals surface area contributed by atoms with Crippen molar-refractivity contribution in [3.05, 3.63) is 42.0 Å². The van der Waals surface area contributed by atoms with Gasteiger partial charge in [-0.2, -0.15) is 0 Å². The standard InChI is InChI=1S/C13H17N/c1-13(2)11(12(13)14)9-8-10-6-4-3-5-7-10/h3-9,11-12H,14H2,1-2H3/b9-8+. The van der Waals surface area contributed by atoms with Crippen molar-refractivity contribution < 1.29 is 0 Å². The quantitative estimate of drug-likeness (QED) is 0.757. The van der Waals surface area contributed by atoms with Gasteiger partial charge in [-0.05, 0) is 16.9 Å². The van der Waals surface area contributed by atoms with Crippen LogP contribution in [0.5, 0.6) is 0 Å². The Balaban J connectivity index is 2.03. The van der Waals surface area contributed by atoms with Crippen molar-refractivity contribution in [2.24, 2.45) is 17.1 Å². The van der Waals surface area contributed by atoms with Gasteiger partial charge in [-0.25, -0.2) is 0 Å². The van der Waals surface area contributed by atoms with Crippen LogP contribution in [0, 0.1) is 11.3 Å². The average molecular weight is 187 g/mol. The monoisotopic (exact) mass is 187 g/mol. The number of nitrogens with two attached hydrogens (primary N) is 1. The van der Waals surface area contributed by atoms with Crippen LogP contribution in [-0.2, 0) is 0 Å². The average Bonchev–Trinajstić information content (AvgIpc) is 2.65. The lowest BCUT2D eigenvalue weighted by Crippen LogP contribution is -2.06. The van der Waals surface area contributed by atoms with Crippen molar-refractivity contribution in [1.29, 1.82) is 0 Å². The molecule has 2 unspecified atom stereocenters. The minimum Gasteiger partial charge on any atom is -0.327 e. The minimum absolute atomic E-state index is 0.297. The van der Waals surface area contributed by atoms with Gasteiger partial charge in [0.25, 0.3) is 0 Å². The molecule has 0 aliphatic heterocycles. The number of benzene rings is 1. The molecule has 1 fully saturated rings. The van der Waals surface area contributed by atoms with Gasteiger partial charge in [-0.1, -0.05) is 56.3 Å². The molecule has 0 heterocycles. The molecule has 14 heavy (non-hydrogen) atoms. The zero-order valence-corrected chi connectivity index (χ0v) is 8.77. The molecule has 2 atom stereocenters. The highest BCUT2D eigenvalue weighted by atomic mass is 14.8. The molecule has 1 nitrogen and oxygen atoms in total. The van der Waals surface area contributed by atoms with Crippen LogP contribution in [0.3, 0.4) is 0 Å². The van der Waals surface area contributed by atoms with E-state index in [4.69, 9.17) is 5.73 Å². The molecule has 74 valence electrons. The SMILES string of the molecule is CC1(C)C(N)C1/C=C/c1ccccc1. The smallest absolute Gasteiger partial charge is 0.0166 e. The van der Waals surface area contributed by atoms with Gasteiger partial charge < -0.3 is 5.73 Å². The second kappa shape index (κ2) is 3.25. The number of hydrogen-bond acceptors (Lipinski definition) is 1. The molecule has 1 aliphatic carbocycles. The maximum atomic E-state index is 5.96. The molecule has 1 aliphatic rings. The predicted octanol–water partition coefficient (Wildman–Crippen LogP) is 2.68. The summed E-state index contributed by atoms with van der Waals surface area (Å²) in [6.45, 7) is 4.44. The third-order valence-electron chi connectivity index (χ3n) is 3.29. The van der Waals surface area contributed by atoms with Crippen LogP contribution < -0.4 is 5.73 Å². The van der Waals surface area contributed by atoms with Crippen molar-refractivity contribution >= 4 is 6.08 Å². The first-order valence-corrected chi connectivity index (χ1v) is 5.11. The lowest BCUT2D eigenvalue weighted by Gasteiger charge is -1.96. The fourth-order valence-electron chi connectivity index (χ4n) is 1.86. The van der Waals surface area contributed by atoms with Crippen molar-refractivity contribution in [2.45, 2.75) is 19.9 Å². The first kappa shape index (κ1) is 9.47. The van der Waals surface area contributed by atoms with E-state index in [1.165, 1.54) is 5.56 Å². The molecule has 0 spiro atoms. The zero-order chi connectivity index (χ0) is 10.2. The molecule has 1 heteroatoms. The molecule has 0 bridgehead atoms. The molecular weight excluding hydrogens is 170 g/mol. The Hall–Kier alpha value is -1.08. The van der Waals surface area contributed by atoms with Gasteiger partial charge in [0.2, 0.25) is 0 Å². The minimum atomic E-state index is 0.297. The van der Waals surface area contributed by atoms with Crippen LogP contribution >= 0.6 is 0 Å². The first-order valence-electron chi connectivity index (χ1n) is 5.11. The summed E-state index contributed by atoms with van der Waals surface area (Å²) in [5, 5.41) is 0. The van der Waals surface area contributed by atoms with Gasteiger partial charge in [-0.15, -0.1) is 0 Å². The molecule has 2 N–H and O–H groups in total. The van der Waals surface area contributed by atoms with E-state index >= 15 is 0 Å². The van der Waals surface area contributed by atoms with E-state index in [2.05, 4.69) is 50.3 Å². The van der Waals surface area contributed by atoms with Crippen LogP contribution in [0.25, 0.3) is 6.08 Å². The van der Waals surface area contributed by atoms with Crippen molar-refractivity contribution in [1.82, 2.24) is 0 Å². The van der Waals surface area contributed by atoms with Crippen molar-refractivity contribution in [2.75, 3.05) is 0 Å². The Labute approximate surface area is 85.6 Å². The van der Waals surface area contributed by atoms with Gasteiger partial charge in [0.15, 0.2) is 0 Å². The summed E-state index contributed by atoms with van der Waals surface area (Å²) in [7, 11) is 0. The van der Waals surface area contributed by atoms with Crippen LogP contribution in [0.2, 0.25) is 0 Å². The molecule has 1 aromatic carbocycles.